The van der Waals surface area contributed by atoms with Gasteiger partial charge in [-0.05, 0) is 105 Å². The molecule has 10 rings (SSSR count). The van der Waals surface area contributed by atoms with Crippen molar-refractivity contribution in [3.63, 3.8) is 0 Å². The molecule has 29 nitrogen and oxygen atoms in total. The van der Waals surface area contributed by atoms with Gasteiger partial charge in [0.05, 0.1) is 48.7 Å². The molecule has 0 radical (unpaired) electrons. The van der Waals surface area contributed by atoms with Crippen LogP contribution in [0.5, 0.6) is 0 Å². The van der Waals surface area contributed by atoms with Gasteiger partial charge in [-0.15, -0.1) is 0 Å². The molecule has 4 heterocycles. The van der Waals surface area contributed by atoms with E-state index in [4.69, 9.17) is 99.5 Å². The first kappa shape index (κ1) is 100. The van der Waals surface area contributed by atoms with Crippen LogP contribution in [0.2, 0.25) is 0 Å². The van der Waals surface area contributed by atoms with Gasteiger partial charge in [0, 0.05) is 66.3 Å². The van der Waals surface area contributed by atoms with Gasteiger partial charge in [0.1, 0.15) is 67.6 Å². The summed E-state index contributed by atoms with van der Waals surface area (Å²) in [4.78, 5) is 89.0. The number of nitrogens with zero attached hydrogens (tertiary/aromatic N) is 1. The van der Waals surface area contributed by atoms with Crippen LogP contribution in [0.3, 0.4) is 0 Å². The summed E-state index contributed by atoms with van der Waals surface area (Å²) < 4.78 is 144. The fourth-order valence-electron chi connectivity index (χ4n) is 14.7. The van der Waals surface area contributed by atoms with Gasteiger partial charge >= 0.3 is 35.9 Å². The van der Waals surface area contributed by atoms with Gasteiger partial charge in [-0.2, -0.15) is 0 Å². The highest BCUT2D eigenvalue weighted by Gasteiger charge is 2.61. The second-order valence-electron chi connectivity index (χ2n) is 31.7. The van der Waals surface area contributed by atoms with E-state index in [2.05, 4.69) is 20.8 Å². The summed E-state index contributed by atoms with van der Waals surface area (Å²) in [6.45, 7) is 16.7. The number of ether oxygens (including phenoxy) is 21. The Kier molecular flexibility index (Phi) is 43.8. The van der Waals surface area contributed by atoms with Gasteiger partial charge in [-0.25, -0.2) is 24.0 Å². The van der Waals surface area contributed by atoms with E-state index in [-0.39, 0.29) is 101 Å². The molecule has 1 N–H and O–H groups in total. The van der Waals surface area contributed by atoms with Crippen molar-refractivity contribution in [2.24, 2.45) is 0 Å². The average Bonchev–Trinajstić information content (AvgIpc) is 0.756. The molecule has 0 saturated carbocycles. The lowest BCUT2D eigenvalue weighted by molar-refractivity contribution is -0.398. The van der Waals surface area contributed by atoms with E-state index in [1.54, 1.807) is 77.7 Å². The highest BCUT2D eigenvalue weighted by atomic mass is 16.8. The lowest BCUT2D eigenvalue weighted by Gasteiger charge is -2.52. The summed E-state index contributed by atoms with van der Waals surface area (Å²) in [5, 5.41) is 12.4. The molecule has 4 saturated heterocycles. The minimum atomic E-state index is -2.08. The van der Waals surface area contributed by atoms with Crippen molar-refractivity contribution in [3.8, 4) is 0 Å². The van der Waals surface area contributed by atoms with Crippen LogP contribution in [-0.4, -0.2) is 248 Å². The third-order valence-corrected chi connectivity index (χ3v) is 21.7. The molecule has 8 unspecified atom stereocenters. The molecule has 6 aromatic rings. The fraction of sp³-hybridized carbons (Fsp3) is 0.571. The van der Waals surface area contributed by atoms with Crippen molar-refractivity contribution < 1.29 is 133 Å². The largest absolute Gasteiger partial charge is 0.452 e. The van der Waals surface area contributed by atoms with Gasteiger partial charge in [0.15, 0.2) is 49.4 Å². The summed E-state index contributed by atoms with van der Waals surface area (Å²) >= 11 is 0. The van der Waals surface area contributed by atoms with Crippen LogP contribution in [-0.2, 0) is 117 Å². The van der Waals surface area contributed by atoms with Crippen molar-refractivity contribution in [1.82, 2.24) is 4.90 Å². The molecular formula is C98H131NO28. The number of rotatable bonds is 54. The summed E-state index contributed by atoms with van der Waals surface area (Å²) in [6, 6.07) is 50.8. The Morgan fingerprint density at radius 2 is 0.630 bits per heavy atom. The monoisotopic (exact) mass is 1770 g/mol. The lowest BCUT2D eigenvalue weighted by Crippen LogP contribution is -2.69. The Labute approximate surface area is 746 Å². The lowest BCUT2D eigenvalue weighted by atomic mass is 9.94. The maximum absolute atomic E-state index is 15.4. The fourth-order valence-corrected chi connectivity index (χ4v) is 14.7. The van der Waals surface area contributed by atoms with Crippen LogP contribution >= 0.6 is 0 Å². The first-order valence-electron chi connectivity index (χ1n) is 45.4. The molecule has 696 valence electrons. The highest BCUT2D eigenvalue weighted by molar-refractivity contribution is 5.91. The molecule has 29 heteroatoms. The number of amides is 1. The van der Waals surface area contributed by atoms with Gasteiger partial charge in [0.2, 0.25) is 12.6 Å². The number of aliphatic hydroxyl groups is 1. The minimum Gasteiger partial charge on any atom is -0.452 e. The molecule has 0 spiro atoms. The van der Waals surface area contributed by atoms with E-state index in [0.717, 1.165) is 50.2 Å². The standard InChI is InChI=1S/C98H131NO28/c1-9-16-54-107-64-74-78(82(110-57-19-12-4)85(112-59-21-14-6)94(117-74)114-61-53-99(62-68-41-29-23-30-42-68)98(106)115-63-69-43-31-24-32-44-69)124-95-86(113-60-22-15-7)83(111-58-20-13-5)79(75(118-95)65-108-55-17-10-2)125-96-88(123-92(105)73-51-39-28-40-52-73)84(121-90(103)71-47-35-26-36-48-71)80(76(119-96)66-109-56-18-11-3)126-97-87(122-91(104)72-49-37-27-38-50-72)81(77(101)93(127-97)116-67(8)100)120-89(102)70-45-33-25-34-46-70/h23-52,74-88,93-97,101H,9-22,53-66H2,1-8H3/t74?,75?,76?,77-,78-,79+,80+,81?,82-,83-,84?,85?,86?,87-,88-,93?,94-,95+,96-,97+/m0/s1. The Hall–Kier alpha value is -8.70. The average molecular weight is 1770 g/mol. The molecule has 4 aliphatic heterocycles. The zero-order valence-corrected chi connectivity index (χ0v) is 74.6. The SMILES string of the molecule is CCCCOCC1O[C@@H](O[C@@H]2C(COCCCC)O[C@H](O[C@H]3C(COCCCC)O[C@H](OCCN(Cc4ccccc4)C(=O)OCc4ccccc4)C(OCCCC)[C@H]3OCCCC)C(OCCCC)[C@H]2OCCCC)[C@@H](OC(=O)c2ccccc2)C(OC(=O)c2ccccc2)[C@@H]1O[C@@H]1OC(OC(C)=O)[C@@H](O)C(OC(=O)c2ccccc2)[C@@H]1OC(=O)c1ccccc1. The first-order valence-corrected chi connectivity index (χ1v) is 45.4. The molecule has 4 fully saturated rings. The van der Waals surface area contributed by atoms with E-state index in [9.17, 15) is 24.3 Å². The second kappa shape index (κ2) is 55.4. The van der Waals surface area contributed by atoms with E-state index >= 15 is 9.59 Å². The summed E-state index contributed by atoms with van der Waals surface area (Å²) in [5.41, 5.74) is 1.84. The third kappa shape index (κ3) is 31.0. The van der Waals surface area contributed by atoms with E-state index in [1.807, 2.05) is 88.4 Å². The Bertz CT molecular complexity index is 4090. The predicted octanol–water partition coefficient (Wildman–Crippen LogP) is 14.9. The predicted molar refractivity (Wildman–Crippen MR) is 465 cm³/mol. The van der Waals surface area contributed by atoms with Crippen LogP contribution in [0.15, 0.2) is 182 Å². The summed E-state index contributed by atoms with van der Waals surface area (Å²) in [5.74, 6) is -4.87. The molecule has 20 atom stereocenters. The maximum atomic E-state index is 15.4. The van der Waals surface area contributed by atoms with Crippen molar-refractivity contribution in [1.29, 1.82) is 0 Å². The van der Waals surface area contributed by atoms with Gasteiger partial charge in [0.25, 0.3) is 0 Å². The van der Waals surface area contributed by atoms with Crippen LogP contribution < -0.4 is 0 Å². The van der Waals surface area contributed by atoms with Crippen molar-refractivity contribution in [2.45, 2.75) is 281 Å². The maximum Gasteiger partial charge on any atom is 0.410 e. The van der Waals surface area contributed by atoms with Gasteiger partial charge in [-0.3, -0.25) is 4.79 Å². The zero-order valence-electron chi connectivity index (χ0n) is 74.6. The Balaban J connectivity index is 1.09. The summed E-state index contributed by atoms with van der Waals surface area (Å²) in [7, 11) is 0. The van der Waals surface area contributed by atoms with Crippen LogP contribution in [0.25, 0.3) is 0 Å². The molecule has 127 heavy (non-hydrogen) atoms. The van der Waals surface area contributed by atoms with Gasteiger partial charge in [-0.1, -0.05) is 227 Å². The van der Waals surface area contributed by atoms with Crippen molar-refractivity contribution >= 4 is 35.9 Å². The van der Waals surface area contributed by atoms with Crippen LogP contribution in [0.1, 0.15) is 198 Å². The number of benzene rings is 6. The van der Waals surface area contributed by atoms with Crippen LogP contribution in [0.4, 0.5) is 4.79 Å². The molecule has 4 aliphatic rings. The second-order valence-corrected chi connectivity index (χ2v) is 31.7. The zero-order chi connectivity index (χ0) is 89.9. The van der Waals surface area contributed by atoms with Crippen molar-refractivity contribution in [2.75, 3.05) is 79.2 Å². The minimum absolute atomic E-state index is 0.0128. The molecular weight excluding hydrogens is 1640 g/mol. The Morgan fingerprint density at radius 3 is 1.02 bits per heavy atom. The topological polar surface area (TPSA) is 320 Å². The van der Waals surface area contributed by atoms with E-state index in [1.165, 1.54) is 48.5 Å². The number of hydrogen-bond acceptors (Lipinski definition) is 28. The Morgan fingerprint density at radius 1 is 0.315 bits per heavy atom. The van der Waals surface area contributed by atoms with Crippen LogP contribution in [0, 0.1) is 0 Å². The van der Waals surface area contributed by atoms with Gasteiger partial charge < -0.3 is 109 Å². The summed E-state index contributed by atoms with van der Waals surface area (Å²) in [6.07, 6.45) is -21.5. The normalized spacial score (nSPS) is 25.9. The smallest absolute Gasteiger partial charge is 0.410 e. The number of carbonyl (C=O) groups is 6. The highest BCUT2D eigenvalue weighted by Crippen LogP contribution is 2.41. The number of hydrogen-bond donors (Lipinski definition) is 1. The first-order chi connectivity index (χ1) is 62.1. The van der Waals surface area contributed by atoms with Crippen molar-refractivity contribution in [3.05, 3.63) is 215 Å². The number of unbranched alkanes of at least 4 members (excludes halogenated alkanes) is 7. The number of esters is 5. The quantitative estimate of drug-likeness (QED) is 0.0211. The van der Waals surface area contributed by atoms with E-state index in [0.29, 0.717) is 64.4 Å². The van der Waals surface area contributed by atoms with E-state index < -0.39 is 166 Å². The number of aliphatic hydroxyl groups excluding tert-OH is 1. The number of carbonyl (C=O) groups excluding carboxylic acids is 6. The third-order valence-electron chi connectivity index (χ3n) is 21.7. The molecule has 0 aromatic heterocycles. The molecule has 0 bridgehead atoms. The molecule has 1 amide bonds. The molecule has 6 aromatic carbocycles. The molecule has 0 aliphatic carbocycles.